The highest BCUT2D eigenvalue weighted by Crippen LogP contribution is 2.26. The maximum Gasteiger partial charge on any atom is 0.287 e. The van der Waals surface area contributed by atoms with Gasteiger partial charge in [0.2, 0.25) is 0 Å². The highest BCUT2D eigenvalue weighted by Gasteiger charge is 2.22. The Bertz CT molecular complexity index is 1040. The zero-order valence-electron chi connectivity index (χ0n) is 14.5. The molecule has 1 aromatic heterocycles. The lowest BCUT2D eigenvalue weighted by Crippen LogP contribution is -2.32. The van der Waals surface area contributed by atoms with Crippen molar-refractivity contribution >= 4 is 16.9 Å². The SMILES string of the molecule is Cc1ccc2c(=O)cc(C(=O)NC[C@H]3OCCc4ccccc43)oc2c1. The van der Waals surface area contributed by atoms with Crippen molar-refractivity contribution in [2.45, 2.75) is 19.4 Å². The Morgan fingerprint density at radius 1 is 1.19 bits per heavy atom. The molecule has 0 saturated carbocycles. The zero-order chi connectivity index (χ0) is 18.1. The molecule has 0 saturated heterocycles. The van der Waals surface area contributed by atoms with Gasteiger partial charge in [-0.25, -0.2) is 0 Å². The minimum absolute atomic E-state index is 0.0113. The Morgan fingerprint density at radius 2 is 2.04 bits per heavy atom. The van der Waals surface area contributed by atoms with Crippen LogP contribution in [0.4, 0.5) is 0 Å². The number of benzene rings is 2. The van der Waals surface area contributed by atoms with E-state index in [9.17, 15) is 9.59 Å². The quantitative estimate of drug-likeness (QED) is 0.789. The summed E-state index contributed by atoms with van der Waals surface area (Å²) in [4.78, 5) is 24.7. The molecule has 0 fully saturated rings. The standard InChI is InChI=1S/C21H19NO4/c1-13-6-7-16-17(23)11-19(26-18(16)10-13)21(24)22-12-20-15-5-3-2-4-14(15)8-9-25-20/h2-7,10-11,20H,8-9,12H2,1H3,(H,22,24)/t20-/m1/s1. The molecule has 0 radical (unpaired) electrons. The molecule has 5 nitrogen and oxygen atoms in total. The van der Waals surface area contributed by atoms with Crippen LogP contribution in [-0.4, -0.2) is 19.1 Å². The third-order valence-electron chi connectivity index (χ3n) is 4.65. The molecule has 26 heavy (non-hydrogen) atoms. The van der Waals surface area contributed by atoms with Crippen molar-refractivity contribution in [3.63, 3.8) is 0 Å². The van der Waals surface area contributed by atoms with Crippen LogP contribution < -0.4 is 10.7 Å². The molecule has 1 aliphatic rings. The molecule has 1 atom stereocenters. The van der Waals surface area contributed by atoms with Crippen LogP contribution in [0.3, 0.4) is 0 Å². The van der Waals surface area contributed by atoms with Gasteiger partial charge in [0.05, 0.1) is 12.0 Å². The Morgan fingerprint density at radius 3 is 2.92 bits per heavy atom. The summed E-state index contributed by atoms with van der Waals surface area (Å²) in [5.41, 5.74) is 3.49. The van der Waals surface area contributed by atoms with E-state index >= 15 is 0 Å². The van der Waals surface area contributed by atoms with Gasteiger partial charge in [-0.15, -0.1) is 0 Å². The molecule has 2 heterocycles. The Kier molecular flexibility index (Phi) is 4.31. The molecule has 0 aliphatic carbocycles. The van der Waals surface area contributed by atoms with E-state index in [0.29, 0.717) is 24.1 Å². The molecule has 1 N–H and O–H groups in total. The molecule has 4 rings (SSSR count). The highest BCUT2D eigenvalue weighted by atomic mass is 16.5. The van der Waals surface area contributed by atoms with Gasteiger partial charge in [0.25, 0.3) is 5.91 Å². The molecular weight excluding hydrogens is 330 g/mol. The molecular formula is C21H19NO4. The number of carbonyl (C=O) groups is 1. The minimum Gasteiger partial charge on any atom is -0.451 e. The first-order chi connectivity index (χ1) is 12.6. The van der Waals surface area contributed by atoms with Gasteiger partial charge in [0, 0.05) is 12.6 Å². The van der Waals surface area contributed by atoms with E-state index in [0.717, 1.165) is 17.5 Å². The van der Waals surface area contributed by atoms with Crippen LogP contribution in [0.5, 0.6) is 0 Å². The Hall–Kier alpha value is -2.92. The molecule has 1 amide bonds. The number of hydrogen-bond donors (Lipinski definition) is 1. The lowest BCUT2D eigenvalue weighted by Gasteiger charge is -2.26. The van der Waals surface area contributed by atoms with Gasteiger partial charge >= 0.3 is 0 Å². The smallest absolute Gasteiger partial charge is 0.287 e. The number of ether oxygens (including phenoxy) is 1. The number of fused-ring (bicyclic) bond motifs is 2. The largest absolute Gasteiger partial charge is 0.451 e. The summed E-state index contributed by atoms with van der Waals surface area (Å²) in [5, 5.41) is 3.29. The minimum atomic E-state index is -0.419. The number of aryl methyl sites for hydroxylation is 1. The van der Waals surface area contributed by atoms with Crippen LogP contribution in [0.15, 0.2) is 57.7 Å². The van der Waals surface area contributed by atoms with Crippen molar-refractivity contribution in [3.05, 3.63) is 81.2 Å². The molecule has 3 aromatic rings. The summed E-state index contributed by atoms with van der Waals surface area (Å²) in [6, 6.07) is 14.6. The number of hydrogen-bond acceptors (Lipinski definition) is 4. The van der Waals surface area contributed by atoms with E-state index in [2.05, 4.69) is 11.4 Å². The van der Waals surface area contributed by atoms with E-state index < -0.39 is 5.91 Å². The average molecular weight is 349 g/mol. The molecule has 0 bridgehead atoms. The van der Waals surface area contributed by atoms with Crippen LogP contribution in [0.25, 0.3) is 11.0 Å². The second-order valence-corrected chi connectivity index (χ2v) is 6.49. The van der Waals surface area contributed by atoms with Crippen molar-refractivity contribution in [1.82, 2.24) is 5.32 Å². The zero-order valence-corrected chi connectivity index (χ0v) is 14.5. The van der Waals surface area contributed by atoms with Gasteiger partial charge < -0.3 is 14.5 Å². The fourth-order valence-electron chi connectivity index (χ4n) is 3.29. The lowest BCUT2D eigenvalue weighted by molar-refractivity contribution is 0.0408. The summed E-state index contributed by atoms with van der Waals surface area (Å²) in [5.74, 6) is -0.408. The maximum absolute atomic E-state index is 12.5. The first kappa shape index (κ1) is 16.5. The third-order valence-corrected chi connectivity index (χ3v) is 4.65. The monoisotopic (exact) mass is 349 g/mol. The van der Waals surface area contributed by atoms with Gasteiger partial charge in [-0.3, -0.25) is 9.59 Å². The first-order valence-electron chi connectivity index (χ1n) is 8.64. The fraction of sp³-hybridized carbons (Fsp3) is 0.238. The van der Waals surface area contributed by atoms with Crippen LogP contribution in [0, 0.1) is 6.92 Å². The second kappa shape index (κ2) is 6.77. The van der Waals surface area contributed by atoms with E-state index in [1.807, 2.05) is 31.2 Å². The van der Waals surface area contributed by atoms with Crippen LogP contribution in [0.1, 0.15) is 33.3 Å². The molecule has 1 aliphatic heterocycles. The van der Waals surface area contributed by atoms with Gasteiger partial charge in [0.15, 0.2) is 11.2 Å². The predicted octanol–water partition coefficient (Wildman–Crippen LogP) is 3.15. The number of carbonyl (C=O) groups excluding carboxylic acids is 1. The van der Waals surface area contributed by atoms with E-state index in [1.54, 1.807) is 12.1 Å². The Labute approximate surface area is 150 Å². The normalized spacial score (nSPS) is 16.3. The molecule has 132 valence electrons. The number of rotatable bonds is 3. The number of amides is 1. The van der Waals surface area contributed by atoms with Crippen molar-refractivity contribution < 1.29 is 13.9 Å². The summed E-state index contributed by atoms with van der Waals surface area (Å²) in [6.45, 7) is 2.86. The molecule has 5 heteroatoms. The maximum atomic E-state index is 12.5. The van der Waals surface area contributed by atoms with E-state index in [1.165, 1.54) is 11.6 Å². The summed E-state index contributed by atoms with van der Waals surface area (Å²) in [6.07, 6.45) is 0.679. The van der Waals surface area contributed by atoms with E-state index in [4.69, 9.17) is 9.15 Å². The molecule has 0 spiro atoms. The fourth-order valence-corrected chi connectivity index (χ4v) is 3.29. The lowest BCUT2D eigenvalue weighted by atomic mass is 9.97. The van der Waals surface area contributed by atoms with Gasteiger partial charge in [0.1, 0.15) is 11.7 Å². The topological polar surface area (TPSA) is 68.5 Å². The Balaban J connectivity index is 1.54. The number of nitrogens with one attached hydrogen (secondary N) is 1. The highest BCUT2D eigenvalue weighted by molar-refractivity contribution is 5.93. The van der Waals surface area contributed by atoms with E-state index in [-0.39, 0.29) is 17.3 Å². The average Bonchev–Trinajstić information content (AvgIpc) is 2.65. The molecule has 2 aromatic carbocycles. The first-order valence-corrected chi connectivity index (χ1v) is 8.64. The third kappa shape index (κ3) is 3.13. The molecule has 0 unspecified atom stereocenters. The van der Waals surface area contributed by atoms with Crippen LogP contribution in [0.2, 0.25) is 0 Å². The predicted molar refractivity (Wildman–Crippen MR) is 98.4 cm³/mol. The van der Waals surface area contributed by atoms with Crippen molar-refractivity contribution in [2.24, 2.45) is 0 Å². The van der Waals surface area contributed by atoms with Crippen molar-refractivity contribution in [1.29, 1.82) is 0 Å². The summed E-state index contributed by atoms with van der Waals surface area (Å²) >= 11 is 0. The van der Waals surface area contributed by atoms with Gasteiger partial charge in [-0.05, 0) is 42.2 Å². The van der Waals surface area contributed by atoms with Crippen LogP contribution in [-0.2, 0) is 11.2 Å². The van der Waals surface area contributed by atoms with Gasteiger partial charge in [-0.1, -0.05) is 30.3 Å². The second-order valence-electron chi connectivity index (χ2n) is 6.49. The van der Waals surface area contributed by atoms with Crippen molar-refractivity contribution in [3.8, 4) is 0 Å². The van der Waals surface area contributed by atoms with Gasteiger partial charge in [-0.2, -0.15) is 0 Å². The van der Waals surface area contributed by atoms with Crippen molar-refractivity contribution in [2.75, 3.05) is 13.2 Å². The van der Waals surface area contributed by atoms with Crippen LogP contribution >= 0.6 is 0 Å². The summed E-state index contributed by atoms with van der Waals surface area (Å²) < 4.78 is 11.4. The summed E-state index contributed by atoms with van der Waals surface area (Å²) in [7, 11) is 0.